The van der Waals surface area contributed by atoms with E-state index >= 15 is 0 Å². The van der Waals surface area contributed by atoms with Gasteiger partial charge in [-0.25, -0.2) is 0 Å². The van der Waals surface area contributed by atoms with Crippen molar-refractivity contribution in [3.63, 3.8) is 0 Å². The molecule has 0 saturated carbocycles. The standard InChI is InChI=1S/H4S6/c1-5(2)6(3)4/h5-6H,(H,1,2)(H,3,4). The fraction of sp³-hybridized carbons (Fsp3) is 0. The molecule has 0 saturated heterocycles. The average molecular weight is 196 g/mol. The Kier molecular flexibility index (Phi) is 4.96. The summed E-state index contributed by atoms with van der Waals surface area (Å²) < 4.78 is 0. The Balaban J connectivity index is 4.58. The van der Waals surface area contributed by atoms with Crippen LogP contribution in [0.25, 0.3) is 0 Å². The second-order valence-corrected chi connectivity index (χ2v) is 13.6. The molecule has 0 aromatic carbocycles. The molecule has 0 spiro atoms. The highest BCUT2D eigenvalue weighted by Crippen LogP contribution is 1.83. The predicted molar refractivity (Wildman–Crippen MR) is 50.2 cm³/mol. The van der Waals surface area contributed by atoms with Crippen molar-refractivity contribution in [2.24, 2.45) is 0 Å². The van der Waals surface area contributed by atoms with Crippen molar-refractivity contribution in [1.82, 2.24) is 0 Å². The van der Waals surface area contributed by atoms with Crippen LogP contribution in [0.4, 0.5) is 0 Å². The maximum absolute atomic E-state index is 4.68. The van der Waals surface area contributed by atoms with E-state index in [0.717, 1.165) is 0 Å². The van der Waals surface area contributed by atoms with E-state index in [2.05, 4.69) is 45.7 Å². The Hall–Kier alpha value is 1.84. The van der Waals surface area contributed by atoms with Crippen LogP contribution in [0.3, 0.4) is 0 Å². The van der Waals surface area contributed by atoms with Gasteiger partial charge in [-0.1, -0.05) is 14.1 Å². The van der Waals surface area contributed by atoms with E-state index in [9.17, 15) is 0 Å². The second kappa shape index (κ2) is 3.80. The molecular weight excluding hydrogens is 192 g/mol. The first-order chi connectivity index (χ1) is 2.64. The Morgan fingerprint density at radius 2 is 1.17 bits per heavy atom. The lowest BCUT2D eigenvalue weighted by Crippen LogP contribution is -1.51. The lowest BCUT2D eigenvalue weighted by atomic mass is 30.4. The summed E-state index contributed by atoms with van der Waals surface area (Å²) in [6.07, 6.45) is 0. The summed E-state index contributed by atoms with van der Waals surface area (Å²) in [5.41, 5.74) is 0. The van der Waals surface area contributed by atoms with Crippen molar-refractivity contribution >= 4 is 59.8 Å². The van der Waals surface area contributed by atoms with Gasteiger partial charge < -0.3 is 0 Å². The Morgan fingerprint density at radius 3 is 1.17 bits per heavy atom. The molecule has 0 radical (unpaired) electrons. The minimum atomic E-state index is -0.638. The van der Waals surface area contributed by atoms with Gasteiger partial charge in [-0.05, 0) is 22.4 Å². The van der Waals surface area contributed by atoms with Gasteiger partial charge >= 0.3 is 0 Å². The third-order valence-electron chi connectivity index (χ3n) is 0.146. The summed E-state index contributed by atoms with van der Waals surface area (Å²) in [7, 11) is -1.28. The monoisotopic (exact) mass is 196 g/mol. The van der Waals surface area contributed by atoms with Crippen LogP contribution in [-0.4, -0.2) is 0 Å². The van der Waals surface area contributed by atoms with Gasteiger partial charge in [0.25, 0.3) is 0 Å². The van der Waals surface area contributed by atoms with Gasteiger partial charge in [0.2, 0.25) is 0 Å². The van der Waals surface area contributed by atoms with Crippen LogP contribution in [0.15, 0.2) is 0 Å². The summed E-state index contributed by atoms with van der Waals surface area (Å²) in [5.74, 6) is 0. The molecule has 0 amide bonds. The number of rotatable bonds is 0. The van der Waals surface area contributed by atoms with Gasteiger partial charge in [-0.3, -0.25) is 0 Å². The summed E-state index contributed by atoms with van der Waals surface area (Å²) in [4.78, 5) is 0. The lowest BCUT2D eigenvalue weighted by Gasteiger charge is -1.71. The van der Waals surface area contributed by atoms with Gasteiger partial charge in [-0.2, -0.15) is 0 Å². The van der Waals surface area contributed by atoms with E-state index in [1.165, 1.54) is 0 Å². The minimum absolute atomic E-state index is 0.638. The highest BCUT2D eigenvalue weighted by molar-refractivity contribution is 9.06. The van der Waals surface area contributed by atoms with E-state index in [1.807, 2.05) is 0 Å². The Morgan fingerprint density at radius 1 is 1.00 bits per heavy atom. The van der Waals surface area contributed by atoms with Crippen LogP contribution in [0.1, 0.15) is 0 Å². The Bertz CT molecular complexity index is 119. The number of hydrogen-bond acceptors (Lipinski definition) is 2. The first kappa shape index (κ1) is 7.84. The largest absolute Gasteiger partial charge is 0.110 e. The molecule has 0 aliphatic rings. The van der Waals surface area contributed by atoms with Gasteiger partial charge in [0.1, 0.15) is 0 Å². The van der Waals surface area contributed by atoms with Crippen LogP contribution < -0.4 is 0 Å². The molecule has 2 atom stereocenters. The van der Waals surface area contributed by atoms with E-state index in [-0.39, 0.29) is 0 Å². The molecule has 0 bridgehead atoms. The van der Waals surface area contributed by atoms with Crippen LogP contribution in [0.5, 0.6) is 0 Å². The normalized spacial score (nSPS) is 19.7. The molecule has 0 heterocycles. The molecule has 2 unspecified atom stereocenters. The molecule has 6 heavy (non-hydrogen) atoms. The zero-order valence-electron chi connectivity index (χ0n) is 2.61. The topological polar surface area (TPSA) is 0 Å². The minimum Gasteiger partial charge on any atom is -0.110 e. The van der Waals surface area contributed by atoms with Crippen molar-refractivity contribution in [1.29, 1.82) is 0 Å². The molecule has 0 fully saturated rings. The van der Waals surface area contributed by atoms with E-state index in [4.69, 9.17) is 0 Å². The molecule has 0 nitrogen and oxygen atoms in total. The molecule has 0 aromatic heterocycles. The molecule has 0 aromatic rings. The van der Waals surface area contributed by atoms with E-state index in [0.29, 0.717) is 0 Å². The predicted octanol–water partition coefficient (Wildman–Crippen LogP) is 0.216. The maximum Gasteiger partial charge on any atom is -0.0440 e. The summed E-state index contributed by atoms with van der Waals surface area (Å²) in [6, 6.07) is 0. The maximum atomic E-state index is 4.68. The first-order valence-corrected chi connectivity index (χ1v) is 8.69. The molecule has 40 valence electrons. The van der Waals surface area contributed by atoms with Crippen molar-refractivity contribution in [2.75, 3.05) is 0 Å². The first-order valence-electron chi connectivity index (χ1n) is 0.965. The van der Waals surface area contributed by atoms with Crippen molar-refractivity contribution in [2.45, 2.75) is 0 Å². The summed E-state index contributed by atoms with van der Waals surface area (Å²) in [5, 5.41) is 0. The van der Waals surface area contributed by atoms with Crippen molar-refractivity contribution in [3.8, 4) is 0 Å². The summed E-state index contributed by atoms with van der Waals surface area (Å²) in [6.45, 7) is 0. The van der Waals surface area contributed by atoms with Crippen LogP contribution in [0.2, 0.25) is 0 Å². The number of hydrogen-bond donors (Lipinski definition) is 4. The molecule has 0 aliphatic heterocycles. The van der Waals surface area contributed by atoms with Crippen LogP contribution >= 0.6 is 23.3 Å². The lowest BCUT2D eigenvalue weighted by molar-refractivity contribution is 5.79. The molecule has 0 rings (SSSR count). The van der Waals surface area contributed by atoms with E-state index < -0.39 is 14.1 Å². The smallest absolute Gasteiger partial charge is 0.0440 e. The Labute approximate surface area is 59.3 Å². The molecule has 0 aliphatic carbocycles. The second-order valence-electron chi connectivity index (χ2n) is 0.505. The molecular formula is H4S6. The third-order valence-corrected chi connectivity index (χ3v) is 11.9. The fourth-order valence-corrected chi connectivity index (χ4v) is 0. The zero-order chi connectivity index (χ0) is 5.15. The molecule has 6 heteroatoms. The van der Waals surface area contributed by atoms with E-state index in [1.54, 1.807) is 0 Å². The fourth-order valence-electron chi connectivity index (χ4n) is 0. The summed E-state index contributed by atoms with van der Waals surface area (Å²) >= 11 is 17.2. The van der Waals surface area contributed by atoms with Gasteiger partial charge in [-0.15, -0.1) is 23.3 Å². The quantitative estimate of drug-likeness (QED) is 0.323. The van der Waals surface area contributed by atoms with Crippen molar-refractivity contribution < 1.29 is 0 Å². The van der Waals surface area contributed by atoms with Gasteiger partial charge in [0.15, 0.2) is 0 Å². The van der Waals surface area contributed by atoms with Crippen molar-refractivity contribution in [3.05, 3.63) is 0 Å². The van der Waals surface area contributed by atoms with Gasteiger partial charge in [0, 0.05) is 0 Å². The van der Waals surface area contributed by atoms with Crippen LogP contribution in [-0.2, 0) is 36.5 Å². The highest BCUT2D eigenvalue weighted by atomic mass is 33.7. The zero-order valence-corrected chi connectivity index (χ0v) is 7.82. The third kappa shape index (κ3) is 4.01. The average Bonchev–Trinajstić information content (AvgIpc) is 1.36. The van der Waals surface area contributed by atoms with Crippen LogP contribution in [0, 0.1) is 0 Å². The molecule has 0 N–H and O–H groups in total. The SMILES string of the molecule is S=[SH](/S)=[SH](=S)\S. The van der Waals surface area contributed by atoms with Gasteiger partial charge in [0.05, 0.1) is 0 Å². The number of thiol groups is 4. The highest BCUT2D eigenvalue weighted by Gasteiger charge is 1.55.